The van der Waals surface area contributed by atoms with Crippen molar-refractivity contribution < 1.29 is 9.53 Å². The molecule has 1 amide bonds. The van der Waals surface area contributed by atoms with Gasteiger partial charge in [-0.15, -0.1) is 0 Å². The molecule has 2 N–H and O–H groups in total. The summed E-state index contributed by atoms with van der Waals surface area (Å²) in [5.74, 6) is 0.457. The number of aromatic amines is 1. The Bertz CT molecular complexity index is 918. The number of aromatic nitrogens is 1. The van der Waals surface area contributed by atoms with Crippen molar-refractivity contribution in [2.75, 3.05) is 6.61 Å². The first-order valence-corrected chi connectivity index (χ1v) is 8.13. The van der Waals surface area contributed by atoms with Crippen LogP contribution in [0.3, 0.4) is 0 Å². The van der Waals surface area contributed by atoms with Gasteiger partial charge in [-0.3, -0.25) is 4.79 Å². The number of nitrogens with zero attached hydrogens (tertiary/aromatic N) is 1. The summed E-state index contributed by atoms with van der Waals surface area (Å²) in [7, 11) is 0. The first-order chi connectivity index (χ1) is 12.0. The largest absolute Gasteiger partial charge is 0.483 e. The van der Waals surface area contributed by atoms with Crippen molar-refractivity contribution in [2.45, 2.75) is 20.8 Å². The highest BCUT2D eigenvalue weighted by molar-refractivity contribution is 5.98. The van der Waals surface area contributed by atoms with E-state index >= 15 is 0 Å². The van der Waals surface area contributed by atoms with Crippen LogP contribution in [0.2, 0.25) is 0 Å². The third kappa shape index (κ3) is 3.88. The Hall–Kier alpha value is -3.08. The van der Waals surface area contributed by atoms with Crippen molar-refractivity contribution in [3.05, 3.63) is 64.8 Å². The van der Waals surface area contributed by atoms with Crippen LogP contribution in [0.15, 0.2) is 47.7 Å². The molecule has 128 valence electrons. The maximum atomic E-state index is 12.0. The molecule has 3 rings (SSSR count). The van der Waals surface area contributed by atoms with Crippen LogP contribution < -0.4 is 10.2 Å². The van der Waals surface area contributed by atoms with Gasteiger partial charge in [0.2, 0.25) is 0 Å². The molecular weight excluding hydrogens is 314 g/mol. The van der Waals surface area contributed by atoms with Crippen LogP contribution in [0.5, 0.6) is 5.75 Å². The molecule has 5 nitrogen and oxygen atoms in total. The van der Waals surface area contributed by atoms with Gasteiger partial charge in [0.1, 0.15) is 5.75 Å². The fourth-order valence-corrected chi connectivity index (χ4v) is 2.96. The van der Waals surface area contributed by atoms with E-state index in [9.17, 15) is 4.79 Å². The van der Waals surface area contributed by atoms with Crippen molar-refractivity contribution in [3.8, 4) is 5.75 Å². The Labute approximate surface area is 146 Å². The average Bonchev–Trinajstić information content (AvgIpc) is 3.03. The molecule has 0 aliphatic rings. The minimum absolute atomic E-state index is 0.0730. The standard InChI is InChI=1S/C20H21N3O2/c1-13-9-14(2)20(15(3)10-13)25-12-19(24)23-22-11-16-5-4-6-18-17(16)7-8-21-18/h4-11,21H,12H2,1-3H3,(H,23,24)/b22-11+. The highest BCUT2D eigenvalue weighted by Gasteiger charge is 2.08. The van der Waals surface area contributed by atoms with Gasteiger partial charge >= 0.3 is 0 Å². The first-order valence-electron chi connectivity index (χ1n) is 8.13. The van der Waals surface area contributed by atoms with E-state index in [1.165, 1.54) is 5.56 Å². The molecule has 0 fully saturated rings. The van der Waals surface area contributed by atoms with E-state index in [4.69, 9.17) is 4.74 Å². The van der Waals surface area contributed by atoms with Gasteiger partial charge in [0.05, 0.1) is 6.21 Å². The molecule has 0 aliphatic heterocycles. The Kier molecular flexibility index (Phi) is 4.84. The lowest BCUT2D eigenvalue weighted by molar-refractivity contribution is -0.123. The zero-order valence-corrected chi connectivity index (χ0v) is 14.6. The van der Waals surface area contributed by atoms with Crippen molar-refractivity contribution in [1.29, 1.82) is 0 Å². The van der Waals surface area contributed by atoms with Crippen LogP contribution >= 0.6 is 0 Å². The number of rotatable bonds is 5. The molecule has 0 spiro atoms. The van der Waals surface area contributed by atoms with Crippen molar-refractivity contribution in [2.24, 2.45) is 5.10 Å². The fraction of sp³-hybridized carbons (Fsp3) is 0.200. The number of aryl methyl sites for hydroxylation is 3. The molecule has 0 bridgehead atoms. The molecule has 1 heterocycles. The van der Waals surface area contributed by atoms with Crippen LogP contribution in [0.25, 0.3) is 10.9 Å². The molecule has 1 aromatic heterocycles. The maximum Gasteiger partial charge on any atom is 0.277 e. The molecule has 25 heavy (non-hydrogen) atoms. The summed E-state index contributed by atoms with van der Waals surface area (Å²) in [6, 6.07) is 11.9. The van der Waals surface area contributed by atoms with Crippen LogP contribution in [0.4, 0.5) is 0 Å². The Balaban J connectivity index is 1.59. The first kappa shape index (κ1) is 16.8. The number of hydrogen-bond acceptors (Lipinski definition) is 3. The molecule has 0 saturated heterocycles. The number of carbonyl (C=O) groups is 1. The number of benzene rings is 2. The van der Waals surface area contributed by atoms with E-state index < -0.39 is 0 Å². The van der Waals surface area contributed by atoms with E-state index in [1.807, 2.05) is 63.4 Å². The summed E-state index contributed by atoms with van der Waals surface area (Å²) in [4.78, 5) is 15.1. The van der Waals surface area contributed by atoms with Crippen molar-refractivity contribution >= 4 is 23.0 Å². The maximum absolute atomic E-state index is 12.0. The Morgan fingerprint density at radius 3 is 2.72 bits per heavy atom. The highest BCUT2D eigenvalue weighted by atomic mass is 16.5. The summed E-state index contributed by atoms with van der Waals surface area (Å²) in [6.07, 6.45) is 3.51. The van der Waals surface area contributed by atoms with Gasteiger partial charge in [-0.05, 0) is 44.0 Å². The van der Waals surface area contributed by atoms with Gasteiger partial charge in [0.15, 0.2) is 6.61 Å². The minimum atomic E-state index is -0.295. The summed E-state index contributed by atoms with van der Waals surface area (Å²) >= 11 is 0. The van der Waals surface area contributed by atoms with Crippen LogP contribution in [-0.2, 0) is 4.79 Å². The molecule has 2 aromatic carbocycles. The van der Waals surface area contributed by atoms with Gasteiger partial charge in [-0.1, -0.05) is 29.8 Å². The number of amides is 1. The number of ether oxygens (including phenoxy) is 1. The van der Waals surface area contributed by atoms with Crippen LogP contribution in [0, 0.1) is 20.8 Å². The number of H-pyrrole nitrogens is 1. The SMILES string of the molecule is Cc1cc(C)c(OCC(=O)N/N=C/c2cccc3[nH]ccc23)c(C)c1. The second kappa shape index (κ2) is 7.21. The number of hydrazone groups is 1. The van der Waals surface area contributed by atoms with Gasteiger partial charge in [-0.2, -0.15) is 5.10 Å². The number of fused-ring (bicyclic) bond motifs is 1. The molecule has 0 saturated carbocycles. The molecule has 0 aliphatic carbocycles. The van der Waals surface area contributed by atoms with Gasteiger partial charge in [0, 0.05) is 22.7 Å². The van der Waals surface area contributed by atoms with E-state index in [0.29, 0.717) is 0 Å². The zero-order valence-electron chi connectivity index (χ0n) is 14.6. The third-order valence-electron chi connectivity index (χ3n) is 3.97. The van der Waals surface area contributed by atoms with E-state index in [2.05, 4.69) is 15.5 Å². The Morgan fingerprint density at radius 2 is 1.96 bits per heavy atom. The molecular formula is C20H21N3O2. The highest BCUT2D eigenvalue weighted by Crippen LogP contribution is 2.24. The lowest BCUT2D eigenvalue weighted by Crippen LogP contribution is -2.25. The van der Waals surface area contributed by atoms with Crippen LogP contribution in [-0.4, -0.2) is 23.7 Å². The smallest absolute Gasteiger partial charge is 0.277 e. The van der Waals surface area contributed by atoms with Gasteiger partial charge in [-0.25, -0.2) is 5.43 Å². The Morgan fingerprint density at radius 1 is 1.20 bits per heavy atom. The predicted molar refractivity (Wildman–Crippen MR) is 100 cm³/mol. The summed E-state index contributed by atoms with van der Waals surface area (Å²) in [6.45, 7) is 5.92. The summed E-state index contributed by atoms with van der Waals surface area (Å²) in [5, 5.41) is 5.08. The minimum Gasteiger partial charge on any atom is -0.483 e. The number of nitrogens with one attached hydrogen (secondary N) is 2. The van der Waals surface area contributed by atoms with Gasteiger partial charge < -0.3 is 9.72 Å². The van der Waals surface area contributed by atoms with E-state index in [1.54, 1.807) is 6.21 Å². The molecule has 3 aromatic rings. The average molecular weight is 335 g/mol. The molecule has 5 heteroatoms. The van der Waals surface area contributed by atoms with Crippen LogP contribution in [0.1, 0.15) is 22.3 Å². The normalized spacial score (nSPS) is 11.2. The number of hydrogen-bond donors (Lipinski definition) is 2. The summed E-state index contributed by atoms with van der Waals surface area (Å²) < 4.78 is 5.65. The quantitative estimate of drug-likeness (QED) is 0.552. The number of carbonyl (C=O) groups excluding carboxylic acids is 1. The fourth-order valence-electron chi connectivity index (χ4n) is 2.96. The second-order valence-corrected chi connectivity index (χ2v) is 6.10. The summed E-state index contributed by atoms with van der Waals surface area (Å²) in [5.41, 5.74) is 7.69. The van der Waals surface area contributed by atoms with E-state index in [0.717, 1.165) is 33.3 Å². The lowest BCUT2D eigenvalue weighted by atomic mass is 10.1. The predicted octanol–water partition coefficient (Wildman–Crippen LogP) is 3.62. The van der Waals surface area contributed by atoms with Gasteiger partial charge in [0.25, 0.3) is 5.91 Å². The lowest BCUT2D eigenvalue weighted by Gasteiger charge is -2.12. The second-order valence-electron chi connectivity index (χ2n) is 6.10. The molecule has 0 unspecified atom stereocenters. The zero-order chi connectivity index (χ0) is 17.8. The van der Waals surface area contributed by atoms with E-state index in [-0.39, 0.29) is 12.5 Å². The third-order valence-corrected chi connectivity index (χ3v) is 3.97. The topological polar surface area (TPSA) is 66.5 Å². The monoisotopic (exact) mass is 335 g/mol. The van der Waals surface area contributed by atoms with Crippen molar-refractivity contribution in [3.63, 3.8) is 0 Å². The molecule has 0 radical (unpaired) electrons. The molecule has 0 atom stereocenters. The van der Waals surface area contributed by atoms with Crippen molar-refractivity contribution in [1.82, 2.24) is 10.4 Å².